The highest BCUT2D eigenvalue weighted by atomic mass is 32.2. The number of piperidine rings is 1. The lowest BCUT2D eigenvalue weighted by Gasteiger charge is -2.31. The maximum atomic E-state index is 14.8. The molecule has 308 valence electrons. The van der Waals surface area contributed by atoms with Gasteiger partial charge in [0.05, 0.1) is 30.1 Å². The Hall–Kier alpha value is -4.98. The predicted molar refractivity (Wildman–Crippen MR) is 218 cm³/mol. The molecular formula is C44H53N5O8S. The van der Waals surface area contributed by atoms with Crippen LogP contribution in [0.15, 0.2) is 66.7 Å². The number of benzene rings is 2. The molecule has 4 fully saturated rings. The molecule has 58 heavy (non-hydrogen) atoms. The quantitative estimate of drug-likeness (QED) is 0.274. The number of amides is 4. The smallest absolute Gasteiger partial charge is 0.259 e. The number of sulfonamides is 1. The predicted octanol–water partition coefficient (Wildman–Crippen LogP) is 5.28. The van der Waals surface area contributed by atoms with Crippen LogP contribution in [0.3, 0.4) is 0 Å². The van der Waals surface area contributed by atoms with Gasteiger partial charge in [0, 0.05) is 60.8 Å². The number of pyridine rings is 1. The molecular weight excluding hydrogens is 759 g/mol. The average molecular weight is 812 g/mol. The van der Waals surface area contributed by atoms with Crippen LogP contribution in [0.1, 0.15) is 83.5 Å². The number of carbonyl (C=O) groups excluding carboxylic acids is 4. The second-order valence-corrected chi connectivity index (χ2v) is 18.6. The summed E-state index contributed by atoms with van der Waals surface area (Å²) in [5.41, 5.74) is 0.733. The fourth-order valence-electron chi connectivity index (χ4n) is 8.80. The van der Waals surface area contributed by atoms with Crippen molar-refractivity contribution < 1.29 is 37.1 Å². The Morgan fingerprint density at radius 1 is 0.966 bits per heavy atom. The Balaban J connectivity index is 1.12. The molecule has 5 atom stereocenters. The van der Waals surface area contributed by atoms with Crippen molar-refractivity contribution in [1.82, 2.24) is 24.8 Å². The number of methoxy groups -OCH3 is 1. The second kappa shape index (κ2) is 16.7. The number of hydrogen-bond acceptors (Lipinski definition) is 9. The summed E-state index contributed by atoms with van der Waals surface area (Å²) in [5.74, 6) is -1.54. The highest BCUT2D eigenvalue weighted by Gasteiger charge is 2.62. The number of ether oxygens (including phenoxy) is 2. The third-order valence-electron chi connectivity index (χ3n) is 12.4. The summed E-state index contributed by atoms with van der Waals surface area (Å²) in [6.07, 6.45) is 11.3. The fraction of sp³-hybridized carbons (Fsp3) is 0.523. The number of likely N-dealkylation sites (tertiary alicyclic amines) is 1. The lowest BCUT2D eigenvalue weighted by molar-refractivity contribution is -0.145. The third kappa shape index (κ3) is 8.57. The molecule has 2 saturated heterocycles. The lowest BCUT2D eigenvalue weighted by Crippen LogP contribution is -2.57. The van der Waals surface area contributed by atoms with Crippen molar-refractivity contribution in [1.29, 1.82) is 0 Å². The molecule has 4 amide bonds. The highest BCUT2D eigenvalue weighted by molar-refractivity contribution is 7.91. The molecule has 0 unspecified atom stereocenters. The van der Waals surface area contributed by atoms with Gasteiger partial charge in [-0.05, 0) is 69.9 Å². The SMILES string of the molecule is COc1ccc2c(O[C@@H]3C[C@H]4C(=O)N[C@@]5(C(=O)NS(=O)(=O)C6CC6)C[C@@H]5C=CCCCCC[C@H](CC(=O)N5CCCCC5)C(=O)N4C3)cc(-c3ccccc3)nc2c1. The zero-order valence-electron chi connectivity index (χ0n) is 33.1. The first-order valence-corrected chi connectivity index (χ1v) is 22.4. The van der Waals surface area contributed by atoms with E-state index in [2.05, 4.69) is 10.0 Å². The van der Waals surface area contributed by atoms with Crippen LogP contribution >= 0.6 is 0 Å². The number of nitrogens with one attached hydrogen (secondary N) is 2. The van der Waals surface area contributed by atoms with E-state index in [-0.39, 0.29) is 37.6 Å². The van der Waals surface area contributed by atoms with E-state index in [9.17, 15) is 27.6 Å². The first-order valence-electron chi connectivity index (χ1n) is 20.9. The molecule has 2 aliphatic carbocycles. The van der Waals surface area contributed by atoms with Crippen LogP contribution in [0.2, 0.25) is 0 Å². The number of rotatable bonds is 9. The van der Waals surface area contributed by atoms with E-state index in [1.807, 2.05) is 71.6 Å². The largest absolute Gasteiger partial charge is 0.497 e. The Labute approximate surface area is 340 Å². The van der Waals surface area contributed by atoms with Gasteiger partial charge in [-0.1, -0.05) is 55.3 Å². The number of fused-ring (bicyclic) bond motifs is 3. The van der Waals surface area contributed by atoms with Gasteiger partial charge >= 0.3 is 0 Å². The minimum absolute atomic E-state index is 0.0488. The van der Waals surface area contributed by atoms with E-state index >= 15 is 0 Å². The van der Waals surface area contributed by atoms with Gasteiger partial charge in [0.15, 0.2) is 0 Å². The van der Waals surface area contributed by atoms with E-state index in [0.29, 0.717) is 55.1 Å². The van der Waals surface area contributed by atoms with Gasteiger partial charge in [0.25, 0.3) is 5.91 Å². The van der Waals surface area contributed by atoms with Crippen LogP contribution in [0, 0.1) is 11.8 Å². The molecule has 0 spiro atoms. The molecule has 14 heteroatoms. The Morgan fingerprint density at radius 3 is 2.50 bits per heavy atom. The topological polar surface area (TPSA) is 164 Å². The van der Waals surface area contributed by atoms with Crippen molar-refractivity contribution in [2.75, 3.05) is 26.7 Å². The van der Waals surface area contributed by atoms with Crippen LogP contribution in [-0.2, 0) is 29.2 Å². The van der Waals surface area contributed by atoms with E-state index in [4.69, 9.17) is 14.5 Å². The number of carbonyl (C=O) groups is 4. The van der Waals surface area contributed by atoms with Crippen LogP contribution in [0.5, 0.6) is 11.5 Å². The van der Waals surface area contributed by atoms with Crippen molar-refractivity contribution in [3.8, 4) is 22.8 Å². The van der Waals surface area contributed by atoms with Gasteiger partial charge in [0.1, 0.15) is 29.2 Å². The van der Waals surface area contributed by atoms with Crippen molar-refractivity contribution in [3.05, 3.63) is 66.7 Å². The standard InChI is InChI=1S/C44H53N5O8S/c1-56-32-17-20-35-37(24-32)45-36(29-13-8-5-9-14-29)26-39(35)57-33-25-38-41(51)46-44(43(53)47-58(54,55)34-18-19-34)27-31(44)16-10-4-2-3-7-15-30(42(52)49(38)28-33)23-40(50)48-21-11-6-12-22-48/h5,8-10,13-14,16-17,20,24,26,30-31,33-34,38H,2-4,6-7,11-12,15,18-19,21-23,25,27-28H2,1H3,(H,46,51)(H,47,53)/t30-,31+,33-,38+,44+/m1/s1. The van der Waals surface area contributed by atoms with E-state index < -0.39 is 56.6 Å². The molecule has 0 radical (unpaired) electrons. The number of aromatic nitrogens is 1. The van der Waals surface area contributed by atoms with Gasteiger partial charge in [-0.25, -0.2) is 13.4 Å². The van der Waals surface area contributed by atoms with Gasteiger partial charge in [0.2, 0.25) is 27.7 Å². The van der Waals surface area contributed by atoms with Crippen molar-refractivity contribution in [3.63, 3.8) is 0 Å². The van der Waals surface area contributed by atoms with Crippen molar-refractivity contribution in [2.24, 2.45) is 11.8 Å². The minimum Gasteiger partial charge on any atom is -0.497 e. The first kappa shape index (κ1) is 39.8. The van der Waals surface area contributed by atoms with E-state index in [1.165, 1.54) is 4.90 Å². The van der Waals surface area contributed by atoms with Gasteiger partial charge in [-0.15, -0.1) is 0 Å². The molecule has 5 aliphatic rings. The van der Waals surface area contributed by atoms with E-state index in [1.54, 1.807) is 7.11 Å². The maximum Gasteiger partial charge on any atom is 0.259 e. The summed E-state index contributed by atoms with van der Waals surface area (Å²) in [7, 11) is -2.29. The first-order chi connectivity index (χ1) is 28.0. The molecule has 1 aromatic heterocycles. The monoisotopic (exact) mass is 811 g/mol. The van der Waals surface area contributed by atoms with Crippen LogP contribution in [0.25, 0.3) is 22.2 Å². The van der Waals surface area contributed by atoms with Gasteiger partial charge < -0.3 is 24.6 Å². The Kier molecular flexibility index (Phi) is 11.5. The minimum atomic E-state index is -3.88. The van der Waals surface area contributed by atoms with Crippen LogP contribution in [-0.4, -0.2) is 96.5 Å². The van der Waals surface area contributed by atoms with E-state index in [0.717, 1.165) is 55.9 Å². The molecule has 3 aliphatic heterocycles. The Bertz CT molecular complexity index is 2190. The molecule has 13 nitrogen and oxygen atoms in total. The summed E-state index contributed by atoms with van der Waals surface area (Å²) in [6, 6.07) is 16.1. The molecule has 8 rings (SSSR count). The zero-order chi connectivity index (χ0) is 40.4. The zero-order valence-corrected chi connectivity index (χ0v) is 33.9. The van der Waals surface area contributed by atoms with Crippen LogP contribution in [0.4, 0.5) is 0 Å². The molecule has 2 saturated carbocycles. The van der Waals surface area contributed by atoms with Crippen molar-refractivity contribution in [2.45, 2.75) is 106 Å². The summed E-state index contributed by atoms with van der Waals surface area (Å²) >= 11 is 0. The highest BCUT2D eigenvalue weighted by Crippen LogP contribution is 2.46. The fourth-order valence-corrected chi connectivity index (χ4v) is 10.2. The average Bonchev–Trinajstić information content (AvgIpc) is 4.16. The van der Waals surface area contributed by atoms with Gasteiger partial charge in [-0.2, -0.15) is 0 Å². The normalized spacial score (nSPS) is 26.8. The summed E-state index contributed by atoms with van der Waals surface area (Å²) in [4.78, 5) is 65.3. The molecule has 4 heterocycles. The summed E-state index contributed by atoms with van der Waals surface area (Å²) in [5, 5.41) is 3.07. The molecule has 3 aromatic rings. The Morgan fingerprint density at radius 2 is 1.74 bits per heavy atom. The second-order valence-electron chi connectivity index (χ2n) is 16.6. The maximum absolute atomic E-state index is 14.8. The number of allylic oxidation sites excluding steroid dienone is 1. The van der Waals surface area contributed by atoms with Crippen LogP contribution < -0.4 is 19.5 Å². The number of nitrogens with zero attached hydrogens (tertiary/aromatic N) is 3. The molecule has 0 bridgehead atoms. The third-order valence-corrected chi connectivity index (χ3v) is 14.2. The summed E-state index contributed by atoms with van der Waals surface area (Å²) < 4.78 is 40.4. The summed E-state index contributed by atoms with van der Waals surface area (Å²) in [6.45, 7) is 1.43. The molecule has 2 N–H and O–H groups in total. The van der Waals surface area contributed by atoms with Gasteiger partial charge in [-0.3, -0.25) is 23.9 Å². The lowest BCUT2D eigenvalue weighted by atomic mass is 9.94. The number of hydrogen-bond donors (Lipinski definition) is 2. The molecule has 2 aromatic carbocycles. The van der Waals surface area contributed by atoms with Crippen molar-refractivity contribution >= 4 is 44.6 Å².